The van der Waals surface area contributed by atoms with Crippen molar-refractivity contribution >= 4 is 17.6 Å². The first kappa shape index (κ1) is 16.8. The molecule has 1 aromatic rings. The largest absolute Gasteiger partial charge is 0.479 e. The Bertz CT molecular complexity index is 451. The molecule has 5 heteroatoms. The van der Waals surface area contributed by atoms with E-state index in [1.807, 2.05) is 26.0 Å². The molecule has 3 N–H and O–H groups in total. The van der Waals surface area contributed by atoms with Crippen molar-refractivity contribution in [3.05, 3.63) is 28.8 Å². The van der Waals surface area contributed by atoms with Crippen molar-refractivity contribution in [1.82, 2.24) is 0 Å². The van der Waals surface area contributed by atoms with E-state index in [9.17, 15) is 9.90 Å². The summed E-state index contributed by atoms with van der Waals surface area (Å²) >= 11 is 6.15. The molecule has 0 spiro atoms. The molecule has 2 atom stereocenters. The maximum absolute atomic E-state index is 11.2. The number of nitrogens with two attached hydrogens (primary N) is 1. The summed E-state index contributed by atoms with van der Waals surface area (Å²) in [5.41, 5.74) is 6.81. The van der Waals surface area contributed by atoms with Gasteiger partial charge in [-0.1, -0.05) is 44.0 Å². The molecule has 4 nitrogen and oxygen atoms in total. The predicted octanol–water partition coefficient (Wildman–Crippen LogP) is 3.25. The number of aliphatic carboxylic acids is 1. The van der Waals surface area contributed by atoms with E-state index in [0.717, 1.165) is 18.4 Å². The van der Waals surface area contributed by atoms with E-state index in [0.29, 0.717) is 23.6 Å². The lowest BCUT2D eigenvalue weighted by Gasteiger charge is -2.19. The molecule has 0 aliphatic carbocycles. The lowest BCUT2D eigenvalue weighted by molar-refractivity contribution is -0.145. The fourth-order valence-electron chi connectivity index (χ4n) is 1.91. The Kier molecular flexibility index (Phi) is 6.82. The summed E-state index contributed by atoms with van der Waals surface area (Å²) in [6.45, 7) is 3.92. The third kappa shape index (κ3) is 4.69. The highest BCUT2D eigenvalue weighted by Gasteiger charge is 2.21. The second-order valence-electron chi connectivity index (χ2n) is 4.83. The quantitative estimate of drug-likeness (QED) is 0.773. The van der Waals surface area contributed by atoms with Crippen LogP contribution in [0, 0.1) is 0 Å². The number of halogens is 1. The lowest BCUT2D eigenvalue weighted by Crippen LogP contribution is -2.28. The van der Waals surface area contributed by atoms with Gasteiger partial charge in [0, 0.05) is 6.04 Å². The van der Waals surface area contributed by atoms with Gasteiger partial charge in [0.2, 0.25) is 0 Å². The highest BCUT2D eigenvalue weighted by atomic mass is 35.5. The van der Waals surface area contributed by atoms with Crippen LogP contribution in [-0.4, -0.2) is 23.2 Å². The molecule has 0 aromatic heterocycles. The van der Waals surface area contributed by atoms with Gasteiger partial charge < -0.3 is 15.6 Å². The summed E-state index contributed by atoms with van der Waals surface area (Å²) in [5.74, 6) is -0.531. The Balaban J connectivity index is 2.99. The summed E-state index contributed by atoms with van der Waals surface area (Å²) in [4.78, 5) is 11.2. The minimum atomic E-state index is -0.975. The van der Waals surface area contributed by atoms with Crippen LogP contribution in [0.15, 0.2) is 18.2 Å². The molecule has 2 unspecified atom stereocenters. The molecular weight excluding hydrogens is 278 g/mol. The molecule has 20 heavy (non-hydrogen) atoms. The number of ether oxygens (including phenoxy) is 1. The highest BCUT2D eigenvalue weighted by Crippen LogP contribution is 2.31. The van der Waals surface area contributed by atoms with Gasteiger partial charge in [0.05, 0.1) is 5.02 Å². The summed E-state index contributed by atoms with van der Waals surface area (Å²) in [5, 5.41) is 9.61. The van der Waals surface area contributed by atoms with Crippen molar-refractivity contribution < 1.29 is 14.6 Å². The van der Waals surface area contributed by atoms with Crippen LogP contribution in [-0.2, 0) is 11.2 Å². The number of carboxylic acid groups (broad SMARTS) is 1. The maximum Gasteiger partial charge on any atom is 0.344 e. The summed E-state index contributed by atoms with van der Waals surface area (Å²) < 4.78 is 5.64. The molecule has 112 valence electrons. The summed E-state index contributed by atoms with van der Waals surface area (Å²) in [6.07, 6.45) is 1.75. The first-order chi connectivity index (χ1) is 9.49. The van der Waals surface area contributed by atoms with Gasteiger partial charge in [-0.2, -0.15) is 0 Å². The van der Waals surface area contributed by atoms with Gasteiger partial charge in [0.15, 0.2) is 6.10 Å². The van der Waals surface area contributed by atoms with Gasteiger partial charge in [-0.15, -0.1) is 0 Å². The van der Waals surface area contributed by atoms with Crippen molar-refractivity contribution in [2.24, 2.45) is 5.73 Å². The Morgan fingerprint density at radius 2 is 2.15 bits per heavy atom. The standard InChI is InChI=1S/C15H22ClNO3/c1-3-6-13(15(18)19)20-14-10(9-11(17)4-2)7-5-8-12(14)16/h5,7-8,11,13H,3-4,6,9,17H2,1-2H3,(H,18,19). The predicted molar refractivity (Wildman–Crippen MR) is 80.4 cm³/mol. The molecule has 0 radical (unpaired) electrons. The van der Waals surface area contributed by atoms with E-state index < -0.39 is 12.1 Å². The average Bonchev–Trinajstić information content (AvgIpc) is 2.41. The molecule has 0 amide bonds. The SMILES string of the molecule is CCCC(Oc1c(Cl)cccc1CC(N)CC)C(=O)O. The monoisotopic (exact) mass is 299 g/mol. The van der Waals surface area contributed by atoms with Crippen molar-refractivity contribution in [3.63, 3.8) is 0 Å². The zero-order chi connectivity index (χ0) is 15.1. The highest BCUT2D eigenvalue weighted by molar-refractivity contribution is 6.32. The Hall–Kier alpha value is -1.26. The molecule has 1 aromatic carbocycles. The van der Waals surface area contributed by atoms with Gasteiger partial charge >= 0.3 is 5.97 Å². The van der Waals surface area contributed by atoms with Crippen molar-refractivity contribution in [3.8, 4) is 5.75 Å². The normalized spacial score (nSPS) is 13.8. The maximum atomic E-state index is 11.2. The van der Waals surface area contributed by atoms with Crippen LogP contribution in [0.3, 0.4) is 0 Å². The second-order valence-corrected chi connectivity index (χ2v) is 5.24. The smallest absolute Gasteiger partial charge is 0.344 e. The van der Waals surface area contributed by atoms with Crippen molar-refractivity contribution in [1.29, 1.82) is 0 Å². The van der Waals surface area contributed by atoms with Gasteiger partial charge in [0.25, 0.3) is 0 Å². The van der Waals surface area contributed by atoms with E-state index in [4.69, 9.17) is 22.1 Å². The Morgan fingerprint density at radius 3 is 2.70 bits per heavy atom. The first-order valence-electron chi connectivity index (χ1n) is 6.92. The zero-order valence-electron chi connectivity index (χ0n) is 11.9. The summed E-state index contributed by atoms with van der Waals surface area (Å²) in [6, 6.07) is 5.40. The molecule has 0 aliphatic rings. The van der Waals surface area contributed by atoms with Crippen LogP contribution in [0.4, 0.5) is 0 Å². The molecule has 0 aliphatic heterocycles. The minimum absolute atomic E-state index is 0.00488. The third-order valence-corrected chi connectivity index (χ3v) is 3.44. The number of hydrogen-bond donors (Lipinski definition) is 2. The first-order valence-corrected chi connectivity index (χ1v) is 7.29. The molecule has 0 saturated heterocycles. The van der Waals surface area contributed by atoms with Gasteiger partial charge in [-0.3, -0.25) is 0 Å². The van der Waals surface area contributed by atoms with Crippen LogP contribution in [0.5, 0.6) is 5.75 Å². The molecule has 0 bridgehead atoms. The number of hydrogen-bond acceptors (Lipinski definition) is 3. The van der Waals surface area contributed by atoms with Crippen LogP contribution < -0.4 is 10.5 Å². The van der Waals surface area contributed by atoms with E-state index >= 15 is 0 Å². The van der Waals surface area contributed by atoms with Gasteiger partial charge in [-0.05, 0) is 30.9 Å². The Labute approximate surface area is 124 Å². The second kappa shape index (κ2) is 8.12. The molecule has 0 saturated carbocycles. The topological polar surface area (TPSA) is 72.5 Å². The third-order valence-electron chi connectivity index (χ3n) is 3.14. The van der Waals surface area contributed by atoms with Crippen LogP contribution in [0.2, 0.25) is 5.02 Å². The number of rotatable bonds is 8. The van der Waals surface area contributed by atoms with E-state index in [1.165, 1.54) is 0 Å². The average molecular weight is 300 g/mol. The fraction of sp³-hybridized carbons (Fsp3) is 0.533. The molecular formula is C15H22ClNO3. The number of benzene rings is 1. The number of carbonyl (C=O) groups is 1. The van der Waals surface area contributed by atoms with Crippen molar-refractivity contribution in [2.45, 2.75) is 51.7 Å². The van der Waals surface area contributed by atoms with Crippen molar-refractivity contribution in [2.75, 3.05) is 0 Å². The zero-order valence-corrected chi connectivity index (χ0v) is 12.7. The van der Waals surface area contributed by atoms with E-state index in [2.05, 4.69) is 0 Å². The van der Waals surface area contributed by atoms with Gasteiger partial charge in [-0.25, -0.2) is 4.79 Å². The van der Waals surface area contributed by atoms with E-state index in [-0.39, 0.29) is 6.04 Å². The molecule has 1 rings (SSSR count). The number of carboxylic acids is 1. The lowest BCUT2D eigenvalue weighted by atomic mass is 10.0. The summed E-state index contributed by atoms with van der Waals surface area (Å²) in [7, 11) is 0. The van der Waals surface area contributed by atoms with Crippen LogP contribution >= 0.6 is 11.6 Å². The molecule has 0 heterocycles. The Morgan fingerprint density at radius 1 is 1.45 bits per heavy atom. The molecule has 0 fully saturated rings. The number of para-hydroxylation sites is 1. The fourth-order valence-corrected chi connectivity index (χ4v) is 2.15. The van der Waals surface area contributed by atoms with Crippen LogP contribution in [0.25, 0.3) is 0 Å². The van der Waals surface area contributed by atoms with Gasteiger partial charge in [0.1, 0.15) is 5.75 Å². The van der Waals surface area contributed by atoms with E-state index in [1.54, 1.807) is 6.07 Å². The van der Waals surface area contributed by atoms with Crippen LogP contribution in [0.1, 0.15) is 38.7 Å². The minimum Gasteiger partial charge on any atom is -0.479 e.